The molecular formula is C7H18BrNO3P+. The van der Waals surface area contributed by atoms with Crippen molar-refractivity contribution in [1.29, 1.82) is 0 Å². The summed E-state index contributed by atoms with van der Waals surface area (Å²) < 4.78 is 0.559. The van der Waals surface area contributed by atoms with Crippen LogP contribution in [-0.2, 0) is 4.79 Å². The highest BCUT2D eigenvalue weighted by Gasteiger charge is 2.19. The third kappa shape index (κ3) is 15.2. The van der Waals surface area contributed by atoms with Crippen molar-refractivity contribution in [3.05, 3.63) is 0 Å². The van der Waals surface area contributed by atoms with E-state index in [9.17, 15) is 4.79 Å². The van der Waals surface area contributed by atoms with Gasteiger partial charge in [0.1, 0.15) is 6.54 Å². The minimum absolute atomic E-state index is 0.123. The van der Waals surface area contributed by atoms with Crippen LogP contribution in [0.15, 0.2) is 0 Å². The van der Waals surface area contributed by atoms with E-state index in [-0.39, 0.29) is 12.1 Å². The molecule has 4 nitrogen and oxygen atoms in total. The number of hydrogen-bond acceptors (Lipinski definition) is 3. The Hall–Kier alpha value is 0.460. The van der Waals surface area contributed by atoms with Gasteiger partial charge in [-0.2, -0.15) is 0 Å². The lowest BCUT2D eigenvalue weighted by molar-refractivity contribution is -0.861. The molecule has 0 radical (unpaired) electrons. The highest BCUT2D eigenvalue weighted by Crippen LogP contribution is 2.39. The fourth-order valence-corrected chi connectivity index (χ4v) is 1.34. The SMILES string of the molecule is CCO.C[N+](C)(C)CC(=O)P(O)Br. The van der Waals surface area contributed by atoms with Crippen molar-refractivity contribution in [3.63, 3.8) is 0 Å². The zero-order valence-corrected chi connectivity index (χ0v) is 11.0. The fraction of sp³-hybridized carbons (Fsp3) is 0.857. The zero-order valence-electron chi connectivity index (χ0n) is 8.49. The predicted octanol–water partition coefficient (Wildman–Crippen LogP) is 0.917. The molecule has 0 saturated heterocycles. The molecule has 80 valence electrons. The Morgan fingerprint density at radius 1 is 1.46 bits per heavy atom. The lowest BCUT2D eigenvalue weighted by Crippen LogP contribution is -2.38. The van der Waals surface area contributed by atoms with E-state index in [4.69, 9.17) is 10.00 Å². The van der Waals surface area contributed by atoms with Crippen molar-refractivity contribution >= 4 is 27.9 Å². The van der Waals surface area contributed by atoms with Crippen molar-refractivity contribution in [3.8, 4) is 0 Å². The van der Waals surface area contributed by atoms with E-state index in [1.54, 1.807) is 6.92 Å². The molecule has 0 saturated carbocycles. The van der Waals surface area contributed by atoms with Gasteiger partial charge in [0.05, 0.1) is 21.1 Å². The first kappa shape index (κ1) is 15.9. The summed E-state index contributed by atoms with van der Waals surface area (Å²) in [5.74, 6) is 0. The molecule has 0 spiro atoms. The van der Waals surface area contributed by atoms with Crippen LogP contribution in [0.3, 0.4) is 0 Å². The summed E-state index contributed by atoms with van der Waals surface area (Å²) in [6.07, 6.45) is 0. The van der Waals surface area contributed by atoms with Gasteiger partial charge in [-0.05, 0) is 22.4 Å². The number of nitrogens with zero attached hydrogens (tertiary/aromatic N) is 1. The van der Waals surface area contributed by atoms with Crippen molar-refractivity contribution in [2.24, 2.45) is 0 Å². The Kier molecular flexibility index (Phi) is 9.58. The number of quaternary nitrogens is 1. The fourth-order valence-electron chi connectivity index (χ4n) is 0.464. The first-order valence-electron chi connectivity index (χ1n) is 3.83. The summed E-state index contributed by atoms with van der Waals surface area (Å²) in [5, 5.41) is 7.57. The Morgan fingerprint density at radius 2 is 1.77 bits per heavy atom. The molecule has 0 rings (SSSR count). The maximum absolute atomic E-state index is 10.9. The molecule has 0 heterocycles. The monoisotopic (exact) mass is 274 g/mol. The van der Waals surface area contributed by atoms with Crippen molar-refractivity contribution in [2.45, 2.75) is 6.92 Å². The second-order valence-corrected chi connectivity index (χ2v) is 6.45. The van der Waals surface area contributed by atoms with Gasteiger partial charge in [-0.15, -0.1) is 0 Å². The molecule has 0 bridgehead atoms. The minimum atomic E-state index is -1.57. The Balaban J connectivity index is 0. The van der Waals surface area contributed by atoms with Gasteiger partial charge >= 0.3 is 0 Å². The molecule has 13 heavy (non-hydrogen) atoms. The molecule has 0 aliphatic rings. The molecule has 0 aliphatic carbocycles. The van der Waals surface area contributed by atoms with Gasteiger partial charge in [-0.25, -0.2) is 0 Å². The van der Waals surface area contributed by atoms with Gasteiger partial charge in [-0.1, -0.05) is 0 Å². The van der Waals surface area contributed by atoms with Crippen LogP contribution in [0.5, 0.6) is 0 Å². The number of rotatable bonds is 3. The van der Waals surface area contributed by atoms with Crippen LogP contribution in [0, 0.1) is 0 Å². The number of hydrogen-bond donors (Lipinski definition) is 2. The normalized spacial score (nSPS) is 12.8. The molecule has 0 aromatic carbocycles. The van der Waals surface area contributed by atoms with E-state index in [2.05, 4.69) is 15.5 Å². The minimum Gasteiger partial charge on any atom is -0.397 e. The Bertz CT molecular complexity index is 147. The van der Waals surface area contributed by atoms with E-state index in [0.29, 0.717) is 11.0 Å². The number of aliphatic hydroxyl groups excluding tert-OH is 1. The van der Waals surface area contributed by atoms with Crippen LogP contribution in [0.4, 0.5) is 0 Å². The molecule has 6 heteroatoms. The van der Waals surface area contributed by atoms with Gasteiger partial charge in [0.15, 0.2) is 6.85 Å². The van der Waals surface area contributed by atoms with Crippen LogP contribution in [0.25, 0.3) is 0 Å². The molecule has 0 fully saturated rings. The van der Waals surface area contributed by atoms with Crippen molar-refractivity contribution in [1.82, 2.24) is 0 Å². The first-order valence-corrected chi connectivity index (χ1v) is 7.14. The first-order chi connectivity index (χ1) is 5.74. The molecule has 1 unspecified atom stereocenters. The van der Waals surface area contributed by atoms with Crippen LogP contribution in [0.1, 0.15) is 6.92 Å². The standard InChI is InChI=1S/C5H12BrNO2P.C2H6O/c1-7(2,3)4-5(8)10(6)9;1-2-3/h9H,4H2,1-3H3;3H,2H2,1H3/q+1;. The molecule has 1 atom stereocenters. The highest BCUT2D eigenvalue weighted by molar-refractivity contribution is 9.40. The lowest BCUT2D eigenvalue weighted by Gasteiger charge is -2.22. The van der Waals surface area contributed by atoms with E-state index < -0.39 is 6.85 Å². The number of aliphatic hydroxyl groups is 1. The van der Waals surface area contributed by atoms with Crippen LogP contribution < -0.4 is 0 Å². The smallest absolute Gasteiger partial charge is 0.246 e. The summed E-state index contributed by atoms with van der Waals surface area (Å²) in [6.45, 7) is 0.731. The summed E-state index contributed by atoms with van der Waals surface area (Å²) in [6, 6.07) is 0. The predicted molar refractivity (Wildman–Crippen MR) is 58.7 cm³/mol. The largest absolute Gasteiger partial charge is 0.397 e. The highest BCUT2D eigenvalue weighted by atomic mass is 79.9. The van der Waals surface area contributed by atoms with Gasteiger partial charge in [0.25, 0.3) is 0 Å². The van der Waals surface area contributed by atoms with E-state index in [0.717, 1.165) is 0 Å². The zero-order chi connectivity index (χ0) is 11.1. The average molecular weight is 275 g/mol. The third-order valence-electron chi connectivity index (χ3n) is 0.815. The average Bonchev–Trinajstić information content (AvgIpc) is 1.84. The van der Waals surface area contributed by atoms with Crippen LogP contribution in [-0.4, -0.2) is 54.3 Å². The molecular weight excluding hydrogens is 257 g/mol. The quantitative estimate of drug-likeness (QED) is 0.594. The Morgan fingerprint density at radius 3 is 1.85 bits per heavy atom. The molecule has 0 aromatic heterocycles. The lowest BCUT2D eigenvalue weighted by atomic mass is 10.5. The van der Waals surface area contributed by atoms with E-state index >= 15 is 0 Å². The van der Waals surface area contributed by atoms with Crippen molar-refractivity contribution in [2.75, 3.05) is 34.3 Å². The summed E-state index contributed by atoms with van der Waals surface area (Å²) in [5.41, 5.74) is -0.123. The number of carbonyl (C=O) groups is 1. The summed E-state index contributed by atoms with van der Waals surface area (Å²) in [4.78, 5) is 19.7. The third-order valence-corrected chi connectivity index (χ3v) is 2.56. The topological polar surface area (TPSA) is 57.5 Å². The summed E-state index contributed by atoms with van der Waals surface area (Å²) in [7, 11) is 5.72. The number of carbonyl (C=O) groups excluding carboxylic acids is 1. The van der Waals surface area contributed by atoms with Gasteiger partial charge in [0.2, 0.25) is 5.52 Å². The van der Waals surface area contributed by atoms with Gasteiger partial charge < -0.3 is 14.5 Å². The molecule has 2 N–H and O–H groups in total. The summed E-state index contributed by atoms with van der Waals surface area (Å²) >= 11 is 2.85. The van der Waals surface area contributed by atoms with Gasteiger partial charge in [-0.3, -0.25) is 4.79 Å². The maximum Gasteiger partial charge on any atom is 0.246 e. The molecule has 0 amide bonds. The van der Waals surface area contributed by atoms with Crippen LogP contribution >= 0.6 is 22.3 Å². The van der Waals surface area contributed by atoms with E-state index in [1.165, 1.54) is 0 Å². The molecule has 0 aliphatic heterocycles. The maximum atomic E-state index is 10.9. The molecule has 0 aromatic rings. The van der Waals surface area contributed by atoms with Crippen molar-refractivity contribution < 1.29 is 19.3 Å². The van der Waals surface area contributed by atoms with Gasteiger partial charge in [0, 0.05) is 6.61 Å². The second-order valence-electron chi connectivity index (χ2n) is 3.42. The second kappa shape index (κ2) is 7.83. The number of halogens is 1. The van der Waals surface area contributed by atoms with Crippen LogP contribution in [0.2, 0.25) is 0 Å². The Labute approximate surface area is 88.7 Å². The van der Waals surface area contributed by atoms with E-state index in [1.807, 2.05) is 21.1 Å². The number of likely N-dealkylation sites (N-methyl/N-ethyl adjacent to an activating group) is 1.